The van der Waals surface area contributed by atoms with Gasteiger partial charge >= 0.3 is 6.09 Å². The van der Waals surface area contributed by atoms with E-state index in [4.69, 9.17) is 21.1 Å². The van der Waals surface area contributed by atoms with Gasteiger partial charge in [0.2, 0.25) is 0 Å². The monoisotopic (exact) mass is 593 g/mol. The van der Waals surface area contributed by atoms with E-state index in [0.29, 0.717) is 53.8 Å². The van der Waals surface area contributed by atoms with Crippen molar-refractivity contribution < 1.29 is 23.9 Å². The Morgan fingerprint density at radius 3 is 2.29 bits per heavy atom. The smallest absolute Gasteiger partial charge is 0.410 e. The van der Waals surface area contributed by atoms with E-state index >= 15 is 0 Å². The Morgan fingerprint density at radius 1 is 0.952 bits per heavy atom. The third kappa shape index (κ3) is 8.13. The van der Waals surface area contributed by atoms with Crippen LogP contribution in [0.4, 0.5) is 22.0 Å². The third-order valence-corrected chi connectivity index (χ3v) is 6.73. The Bertz CT molecular complexity index is 1430. The van der Waals surface area contributed by atoms with Crippen molar-refractivity contribution in [2.45, 2.75) is 45.3 Å². The third-order valence-electron chi connectivity index (χ3n) is 6.50. The van der Waals surface area contributed by atoms with Crippen molar-refractivity contribution in [3.63, 3.8) is 0 Å². The molecule has 0 aliphatic carbocycles. The van der Waals surface area contributed by atoms with Crippen molar-refractivity contribution in [2.75, 3.05) is 42.7 Å². The molecule has 0 unspecified atom stereocenters. The molecule has 2 heterocycles. The van der Waals surface area contributed by atoms with Gasteiger partial charge in [-0.1, -0.05) is 23.7 Å². The van der Waals surface area contributed by atoms with Crippen molar-refractivity contribution in [2.24, 2.45) is 0 Å². The quantitative estimate of drug-likeness (QED) is 0.341. The second-order valence-electron chi connectivity index (χ2n) is 11.2. The molecule has 2 aromatic carbocycles. The number of halogens is 1. The van der Waals surface area contributed by atoms with Gasteiger partial charge < -0.3 is 29.9 Å². The van der Waals surface area contributed by atoms with E-state index in [-0.39, 0.29) is 17.8 Å². The number of nitrogens with zero attached hydrogens (tertiary/aromatic N) is 3. The lowest BCUT2D eigenvalue weighted by molar-refractivity contribution is 0.0126. The van der Waals surface area contributed by atoms with E-state index < -0.39 is 17.4 Å². The van der Waals surface area contributed by atoms with Gasteiger partial charge in [0, 0.05) is 58.0 Å². The van der Waals surface area contributed by atoms with Crippen LogP contribution in [0.1, 0.15) is 54.3 Å². The zero-order valence-electron chi connectivity index (χ0n) is 24.4. The number of ether oxygens (including phenoxy) is 2. The summed E-state index contributed by atoms with van der Waals surface area (Å²) in [5, 5.41) is 6.04. The second kappa shape index (κ2) is 13.1. The molecule has 222 valence electrons. The Balaban J connectivity index is 1.49. The summed E-state index contributed by atoms with van der Waals surface area (Å²) in [6.07, 6.45) is 2.08. The molecule has 0 atom stereocenters. The maximum Gasteiger partial charge on any atom is 0.410 e. The maximum atomic E-state index is 13.6. The molecule has 4 rings (SSSR count). The molecule has 3 amide bonds. The zero-order valence-corrected chi connectivity index (χ0v) is 25.2. The summed E-state index contributed by atoms with van der Waals surface area (Å²) in [7, 11) is 3.81. The number of carbonyl (C=O) groups is 3. The zero-order chi connectivity index (χ0) is 30.4. The van der Waals surface area contributed by atoms with E-state index in [1.807, 2.05) is 51.9 Å². The molecule has 0 bridgehead atoms. The number of nitrogens with one attached hydrogen (secondary N) is 2. The van der Waals surface area contributed by atoms with E-state index in [0.717, 1.165) is 5.69 Å². The molecule has 1 aliphatic heterocycles. The summed E-state index contributed by atoms with van der Waals surface area (Å²) in [6, 6.07) is 15.3. The van der Waals surface area contributed by atoms with Crippen LogP contribution in [0.2, 0.25) is 5.02 Å². The van der Waals surface area contributed by atoms with Crippen LogP contribution >= 0.6 is 11.6 Å². The molecule has 10 nitrogen and oxygen atoms in total. The number of hydrogen-bond acceptors (Lipinski definition) is 7. The predicted octanol–water partition coefficient (Wildman–Crippen LogP) is 6.08. The number of aromatic nitrogens is 1. The molecule has 0 saturated carbocycles. The molecule has 0 spiro atoms. The number of para-hydroxylation sites is 1. The van der Waals surface area contributed by atoms with Gasteiger partial charge in [-0.2, -0.15) is 0 Å². The van der Waals surface area contributed by atoms with Crippen molar-refractivity contribution >= 4 is 46.7 Å². The van der Waals surface area contributed by atoms with Crippen LogP contribution in [-0.2, 0) is 4.74 Å². The van der Waals surface area contributed by atoms with Crippen LogP contribution < -0.4 is 20.3 Å². The van der Waals surface area contributed by atoms with Crippen molar-refractivity contribution in [3.8, 4) is 5.75 Å². The minimum absolute atomic E-state index is 0.197. The molecular formula is C31H36ClN5O5. The number of likely N-dealkylation sites (tertiary alicyclic amines) is 1. The van der Waals surface area contributed by atoms with E-state index in [1.165, 1.54) is 6.20 Å². The summed E-state index contributed by atoms with van der Waals surface area (Å²) in [5.74, 6) is -0.108. The highest BCUT2D eigenvalue weighted by atomic mass is 35.5. The molecule has 42 heavy (non-hydrogen) atoms. The Morgan fingerprint density at radius 2 is 1.64 bits per heavy atom. The minimum atomic E-state index is -0.564. The average molecular weight is 594 g/mol. The molecule has 1 aromatic heterocycles. The van der Waals surface area contributed by atoms with Crippen molar-refractivity contribution in [1.82, 2.24) is 9.88 Å². The van der Waals surface area contributed by atoms with Crippen molar-refractivity contribution in [1.29, 1.82) is 0 Å². The number of rotatable bonds is 7. The SMILES string of the molecule is CN(C)c1ccc(C(=O)Nc2ccccc2C(=O)Nc2ccc(Cl)cn2)c(OC2CCN(C(=O)OC(C)(C)C)CC2)c1. The first-order valence-corrected chi connectivity index (χ1v) is 14.1. The summed E-state index contributed by atoms with van der Waals surface area (Å²) < 4.78 is 11.9. The van der Waals surface area contributed by atoms with Gasteiger partial charge in [-0.3, -0.25) is 9.59 Å². The number of piperidine rings is 1. The minimum Gasteiger partial charge on any atom is -0.489 e. The topological polar surface area (TPSA) is 113 Å². The van der Waals surface area contributed by atoms with Crippen molar-refractivity contribution in [3.05, 3.63) is 76.9 Å². The number of carbonyl (C=O) groups excluding carboxylic acids is 3. The second-order valence-corrected chi connectivity index (χ2v) is 11.6. The van der Waals surface area contributed by atoms with Gasteiger partial charge in [-0.25, -0.2) is 9.78 Å². The number of hydrogen-bond donors (Lipinski definition) is 2. The molecule has 1 aliphatic rings. The summed E-state index contributed by atoms with van der Waals surface area (Å²) in [6.45, 7) is 6.49. The maximum absolute atomic E-state index is 13.6. The predicted molar refractivity (Wildman–Crippen MR) is 164 cm³/mol. The van der Waals surface area contributed by atoms with Gasteiger partial charge in [0.1, 0.15) is 23.3 Å². The normalized spacial score (nSPS) is 13.7. The van der Waals surface area contributed by atoms with Crippen LogP contribution in [0, 0.1) is 0 Å². The standard InChI is InChI=1S/C31H36ClN5O5/c1-31(2,3)42-30(40)37-16-14-22(15-17-37)41-26-18-21(36(4)5)11-12-24(26)29(39)34-25-9-7-6-8-23(25)28(38)35-27-13-10-20(32)19-33-27/h6-13,18-19,22H,14-17H2,1-5H3,(H,34,39)(H,33,35,38). The molecular weight excluding hydrogens is 558 g/mol. The molecule has 11 heteroatoms. The largest absolute Gasteiger partial charge is 0.489 e. The van der Waals surface area contributed by atoms with Crippen LogP contribution in [0.15, 0.2) is 60.8 Å². The first-order chi connectivity index (χ1) is 19.9. The Labute approximate surface area is 251 Å². The number of benzene rings is 2. The highest BCUT2D eigenvalue weighted by molar-refractivity contribution is 6.30. The molecule has 0 radical (unpaired) electrons. The van der Waals surface area contributed by atoms with Gasteiger partial charge in [0.15, 0.2) is 0 Å². The summed E-state index contributed by atoms with van der Waals surface area (Å²) >= 11 is 5.89. The highest BCUT2D eigenvalue weighted by Gasteiger charge is 2.29. The van der Waals surface area contributed by atoms with Crippen LogP contribution in [0.25, 0.3) is 0 Å². The molecule has 1 saturated heterocycles. The van der Waals surface area contributed by atoms with Gasteiger partial charge in [0.25, 0.3) is 11.8 Å². The molecule has 1 fully saturated rings. The first kappa shape index (κ1) is 30.6. The fourth-order valence-electron chi connectivity index (χ4n) is 4.35. The molecule has 2 N–H and O–H groups in total. The summed E-state index contributed by atoms with van der Waals surface area (Å²) in [5.41, 5.74) is 1.23. The van der Waals surface area contributed by atoms with Gasteiger partial charge in [-0.15, -0.1) is 0 Å². The van der Waals surface area contributed by atoms with E-state index in [1.54, 1.807) is 47.4 Å². The lowest BCUT2D eigenvalue weighted by Gasteiger charge is -2.33. The van der Waals surface area contributed by atoms with Crippen LogP contribution in [0.3, 0.4) is 0 Å². The van der Waals surface area contributed by atoms with Crippen LogP contribution in [-0.4, -0.2) is 66.7 Å². The summed E-state index contributed by atoms with van der Waals surface area (Å²) in [4.78, 5) is 46.8. The molecule has 3 aromatic rings. The average Bonchev–Trinajstić information content (AvgIpc) is 2.94. The van der Waals surface area contributed by atoms with Crippen LogP contribution in [0.5, 0.6) is 5.75 Å². The first-order valence-electron chi connectivity index (χ1n) is 13.7. The highest BCUT2D eigenvalue weighted by Crippen LogP contribution is 2.30. The fourth-order valence-corrected chi connectivity index (χ4v) is 4.46. The van der Waals surface area contributed by atoms with E-state index in [9.17, 15) is 14.4 Å². The number of anilines is 3. The lowest BCUT2D eigenvalue weighted by Crippen LogP contribution is -2.44. The Hall–Kier alpha value is -4.31. The fraction of sp³-hybridized carbons (Fsp3) is 0.355. The number of amides is 3. The van der Waals surface area contributed by atoms with E-state index in [2.05, 4.69) is 15.6 Å². The van der Waals surface area contributed by atoms with Gasteiger partial charge in [0.05, 0.1) is 21.8 Å². The Kier molecular flexibility index (Phi) is 9.57. The van der Waals surface area contributed by atoms with Gasteiger partial charge in [-0.05, 0) is 57.2 Å². The number of pyridine rings is 1. The lowest BCUT2D eigenvalue weighted by atomic mass is 10.1.